The Kier molecular flexibility index (Phi) is 5.47. The van der Waals surface area contributed by atoms with Gasteiger partial charge >= 0.3 is 6.18 Å². The van der Waals surface area contributed by atoms with Gasteiger partial charge in [-0.1, -0.05) is 36.4 Å². The van der Waals surface area contributed by atoms with Crippen molar-refractivity contribution in [3.8, 4) is 0 Å². The Bertz CT molecular complexity index is 435. The van der Waals surface area contributed by atoms with Gasteiger partial charge in [0.2, 0.25) is 5.76 Å². The first-order chi connectivity index (χ1) is 8.45. The van der Waals surface area contributed by atoms with E-state index >= 15 is 0 Å². The molecular weight excluding hydrogens is 309 g/mol. The van der Waals surface area contributed by atoms with E-state index in [4.69, 9.17) is 0 Å². The molecule has 5 heteroatoms. The van der Waals surface area contributed by atoms with E-state index in [0.717, 1.165) is 5.56 Å². The van der Waals surface area contributed by atoms with Gasteiger partial charge in [0.15, 0.2) is 0 Å². The average molecular weight is 321 g/mol. The molecule has 18 heavy (non-hydrogen) atoms. The number of benzene rings is 1. The van der Waals surface area contributed by atoms with Crippen molar-refractivity contribution in [3.05, 3.63) is 52.2 Å². The van der Waals surface area contributed by atoms with Crippen LogP contribution >= 0.6 is 15.9 Å². The molecule has 0 atom stereocenters. The van der Waals surface area contributed by atoms with Crippen LogP contribution in [-0.4, -0.2) is 12.8 Å². The fourth-order valence-electron chi connectivity index (χ4n) is 1.24. The summed E-state index contributed by atoms with van der Waals surface area (Å²) in [7, 11) is 0. The van der Waals surface area contributed by atoms with Crippen LogP contribution < -0.4 is 0 Å². The molecule has 1 aromatic rings. The van der Waals surface area contributed by atoms with Crippen LogP contribution in [0.1, 0.15) is 12.5 Å². The van der Waals surface area contributed by atoms with Crippen molar-refractivity contribution in [2.45, 2.75) is 13.1 Å². The lowest BCUT2D eigenvalue weighted by atomic mass is 10.2. The fourth-order valence-corrected chi connectivity index (χ4v) is 1.71. The molecule has 0 bridgehead atoms. The molecule has 1 aromatic carbocycles. The Labute approximate surface area is 112 Å². The lowest BCUT2D eigenvalue weighted by Crippen LogP contribution is -2.15. The zero-order valence-electron chi connectivity index (χ0n) is 9.67. The second-order valence-corrected chi connectivity index (χ2v) is 4.21. The Morgan fingerprint density at radius 2 is 1.89 bits per heavy atom. The van der Waals surface area contributed by atoms with E-state index in [1.807, 2.05) is 18.2 Å². The van der Waals surface area contributed by atoms with Crippen molar-refractivity contribution < 1.29 is 17.9 Å². The first-order valence-corrected chi connectivity index (χ1v) is 6.07. The topological polar surface area (TPSA) is 9.23 Å². The largest absolute Gasteiger partial charge is 0.488 e. The zero-order chi connectivity index (χ0) is 13.6. The zero-order valence-corrected chi connectivity index (χ0v) is 11.3. The predicted octanol–water partition coefficient (Wildman–Crippen LogP) is 4.91. The first kappa shape index (κ1) is 14.8. The third kappa shape index (κ3) is 4.56. The van der Waals surface area contributed by atoms with E-state index in [1.165, 1.54) is 13.0 Å². The van der Waals surface area contributed by atoms with Crippen molar-refractivity contribution in [1.82, 2.24) is 0 Å². The number of hydrogen-bond acceptors (Lipinski definition) is 1. The van der Waals surface area contributed by atoms with Crippen LogP contribution in [0.3, 0.4) is 0 Å². The molecule has 0 amide bonds. The third-order valence-electron chi connectivity index (χ3n) is 1.98. The molecule has 0 heterocycles. The van der Waals surface area contributed by atoms with Gasteiger partial charge in [0.25, 0.3) is 0 Å². The van der Waals surface area contributed by atoms with Crippen LogP contribution in [0.4, 0.5) is 13.2 Å². The minimum atomic E-state index is -4.50. The minimum Gasteiger partial charge on any atom is -0.488 e. The molecule has 0 aliphatic heterocycles. The van der Waals surface area contributed by atoms with E-state index in [-0.39, 0.29) is 11.1 Å². The molecule has 0 spiro atoms. The molecule has 0 aliphatic rings. The van der Waals surface area contributed by atoms with E-state index in [0.29, 0.717) is 0 Å². The summed E-state index contributed by atoms with van der Waals surface area (Å²) in [6, 6.07) is 9.05. The van der Waals surface area contributed by atoms with Crippen molar-refractivity contribution in [3.63, 3.8) is 0 Å². The smallest absolute Gasteiger partial charge is 0.450 e. The molecule has 1 rings (SSSR count). The maximum absolute atomic E-state index is 12.6. The minimum absolute atomic E-state index is 0.0386. The van der Waals surface area contributed by atoms with Gasteiger partial charge in [-0.25, -0.2) is 0 Å². The summed E-state index contributed by atoms with van der Waals surface area (Å²) in [5.74, 6) is -1.02. The Morgan fingerprint density at radius 3 is 2.39 bits per heavy atom. The summed E-state index contributed by atoms with van der Waals surface area (Å²) in [5.41, 5.74) is 0.812. The van der Waals surface area contributed by atoms with Gasteiger partial charge in [0.1, 0.15) is 0 Å². The summed E-state index contributed by atoms with van der Waals surface area (Å²) in [6.45, 7) is 1.47. The quantitative estimate of drug-likeness (QED) is 0.566. The molecule has 0 N–H and O–H groups in total. The number of halogens is 4. The Hall–Kier alpha value is -1.23. The van der Waals surface area contributed by atoms with E-state index < -0.39 is 11.9 Å². The van der Waals surface area contributed by atoms with Crippen LogP contribution in [0, 0.1) is 0 Å². The SMILES string of the molecule is CCO/C(=C(Br)/C=C/c1ccccc1)C(F)(F)F. The van der Waals surface area contributed by atoms with Crippen LogP contribution in [0.2, 0.25) is 0 Å². The monoisotopic (exact) mass is 320 g/mol. The van der Waals surface area contributed by atoms with E-state index in [1.54, 1.807) is 18.2 Å². The first-order valence-electron chi connectivity index (χ1n) is 5.28. The van der Waals surface area contributed by atoms with E-state index in [9.17, 15) is 13.2 Å². The number of hydrogen-bond donors (Lipinski definition) is 0. The highest BCUT2D eigenvalue weighted by molar-refractivity contribution is 9.11. The van der Waals surface area contributed by atoms with Gasteiger partial charge in [-0.2, -0.15) is 13.2 Å². The van der Waals surface area contributed by atoms with Crippen LogP contribution in [0.15, 0.2) is 46.6 Å². The summed E-state index contributed by atoms with van der Waals surface area (Å²) in [4.78, 5) is 0. The third-order valence-corrected chi connectivity index (χ3v) is 2.61. The highest BCUT2D eigenvalue weighted by atomic mass is 79.9. The normalized spacial score (nSPS) is 13.6. The van der Waals surface area contributed by atoms with Gasteiger partial charge in [0.05, 0.1) is 11.1 Å². The lowest BCUT2D eigenvalue weighted by molar-refractivity contribution is -0.130. The van der Waals surface area contributed by atoms with Crippen LogP contribution in [0.5, 0.6) is 0 Å². The Morgan fingerprint density at radius 1 is 1.28 bits per heavy atom. The molecular formula is C13H12BrF3O. The fraction of sp³-hybridized carbons (Fsp3) is 0.231. The summed E-state index contributed by atoms with van der Waals surface area (Å²) < 4.78 is 42.4. The maximum atomic E-state index is 12.6. The molecule has 0 aliphatic carbocycles. The highest BCUT2D eigenvalue weighted by Crippen LogP contribution is 2.32. The molecule has 0 radical (unpaired) electrons. The van der Waals surface area contributed by atoms with Crippen LogP contribution in [-0.2, 0) is 4.74 Å². The average Bonchev–Trinajstić information content (AvgIpc) is 2.33. The van der Waals surface area contributed by atoms with Gasteiger partial charge in [0, 0.05) is 0 Å². The number of ether oxygens (including phenoxy) is 1. The summed E-state index contributed by atoms with van der Waals surface area (Å²) >= 11 is 2.89. The predicted molar refractivity (Wildman–Crippen MR) is 69.1 cm³/mol. The molecule has 0 saturated carbocycles. The van der Waals surface area contributed by atoms with Crippen molar-refractivity contribution in [2.24, 2.45) is 0 Å². The van der Waals surface area contributed by atoms with Crippen LogP contribution in [0.25, 0.3) is 6.08 Å². The van der Waals surface area contributed by atoms with Gasteiger partial charge < -0.3 is 4.74 Å². The lowest BCUT2D eigenvalue weighted by Gasteiger charge is -2.13. The second kappa shape index (κ2) is 6.64. The molecule has 1 nitrogen and oxygen atoms in total. The number of alkyl halides is 3. The van der Waals surface area contributed by atoms with E-state index in [2.05, 4.69) is 20.7 Å². The number of rotatable bonds is 4. The maximum Gasteiger partial charge on any atom is 0.450 e. The molecule has 0 saturated heterocycles. The van der Waals surface area contributed by atoms with Gasteiger partial charge in [-0.3, -0.25) is 0 Å². The van der Waals surface area contributed by atoms with Crippen molar-refractivity contribution in [2.75, 3.05) is 6.61 Å². The number of allylic oxidation sites excluding steroid dienone is 3. The highest BCUT2D eigenvalue weighted by Gasteiger charge is 2.37. The molecule has 0 unspecified atom stereocenters. The summed E-state index contributed by atoms with van der Waals surface area (Å²) in [5, 5.41) is 0. The van der Waals surface area contributed by atoms with Crippen molar-refractivity contribution in [1.29, 1.82) is 0 Å². The molecule has 0 fully saturated rings. The Balaban J connectivity index is 2.95. The standard InChI is InChI=1S/C13H12BrF3O/c1-2-18-12(13(15,16)17)11(14)9-8-10-6-4-3-5-7-10/h3-9H,2H2,1H3/b9-8+,12-11-. The van der Waals surface area contributed by atoms with Crippen molar-refractivity contribution >= 4 is 22.0 Å². The summed E-state index contributed by atoms with van der Waals surface area (Å²) in [6.07, 6.45) is -1.60. The molecule has 98 valence electrons. The van der Waals surface area contributed by atoms with Gasteiger partial charge in [-0.15, -0.1) is 0 Å². The van der Waals surface area contributed by atoms with Gasteiger partial charge in [-0.05, 0) is 34.5 Å². The second-order valence-electron chi connectivity index (χ2n) is 3.35. The molecule has 0 aromatic heterocycles.